The van der Waals surface area contributed by atoms with Gasteiger partial charge >= 0.3 is 12.0 Å². The van der Waals surface area contributed by atoms with Crippen molar-refractivity contribution in [1.29, 1.82) is 0 Å². The van der Waals surface area contributed by atoms with Crippen LogP contribution in [-0.4, -0.2) is 60.6 Å². The molecule has 10 nitrogen and oxygen atoms in total. The van der Waals surface area contributed by atoms with E-state index in [0.717, 1.165) is 16.0 Å². The molecule has 1 saturated heterocycles. The van der Waals surface area contributed by atoms with E-state index in [4.69, 9.17) is 26.3 Å². The highest BCUT2D eigenvalue weighted by molar-refractivity contribution is 6.30. The number of hydrogen-bond donors (Lipinski definition) is 3. The summed E-state index contributed by atoms with van der Waals surface area (Å²) in [5, 5.41) is 19.7. The van der Waals surface area contributed by atoms with Gasteiger partial charge in [0.1, 0.15) is 12.4 Å². The van der Waals surface area contributed by atoms with Crippen LogP contribution >= 0.6 is 11.6 Å². The summed E-state index contributed by atoms with van der Waals surface area (Å²) in [6.07, 6.45) is 0.816. The molecule has 0 unspecified atom stereocenters. The van der Waals surface area contributed by atoms with Crippen LogP contribution in [0.1, 0.15) is 47.8 Å². The highest BCUT2D eigenvalue weighted by atomic mass is 35.5. The molecule has 0 saturated carbocycles. The lowest BCUT2D eigenvalue weighted by molar-refractivity contribution is -0.131. The van der Waals surface area contributed by atoms with E-state index in [1.54, 1.807) is 44.4 Å². The van der Waals surface area contributed by atoms with E-state index in [-0.39, 0.29) is 31.0 Å². The molecule has 11 heteroatoms. The number of carbonyl (C=O) groups excluding carboxylic acids is 2. The van der Waals surface area contributed by atoms with Crippen LogP contribution < -0.4 is 15.4 Å². The van der Waals surface area contributed by atoms with Crippen LogP contribution in [0.15, 0.2) is 47.6 Å². The summed E-state index contributed by atoms with van der Waals surface area (Å²) in [6.45, 7) is 4.14. The summed E-state index contributed by atoms with van der Waals surface area (Å²) in [4.78, 5) is 44.5. The molecule has 1 aliphatic heterocycles. The van der Waals surface area contributed by atoms with Gasteiger partial charge in [0.15, 0.2) is 5.84 Å². The van der Waals surface area contributed by atoms with Gasteiger partial charge in [-0.3, -0.25) is 9.69 Å². The number of rotatable bonds is 9. The number of urea groups is 1. The van der Waals surface area contributed by atoms with Gasteiger partial charge in [0.05, 0.1) is 31.2 Å². The third-order valence-electron chi connectivity index (χ3n) is 6.00. The van der Waals surface area contributed by atoms with E-state index in [1.807, 2.05) is 6.92 Å². The fourth-order valence-electron chi connectivity index (χ4n) is 4.05. The molecule has 198 valence electrons. The van der Waals surface area contributed by atoms with Gasteiger partial charge in [-0.1, -0.05) is 35.8 Å². The number of nitrogens with one attached hydrogen (secondary N) is 2. The van der Waals surface area contributed by atoms with Crippen molar-refractivity contribution >= 4 is 35.3 Å². The average Bonchev–Trinajstić information content (AvgIpc) is 3.05. The van der Waals surface area contributed by atoms with Crippen molar-refractivity contribution in [3.8, 4) is 5.75 Å². The topological polar surface area (TPSA) is 130 Å². The predicted molar refractivity (Wildman–Crippen MR) is 139 cm³/mol. The first kappa shape index (κ1) is 27.8. The number of ether oxygens (including phenoxy) is 1. The van der Waals surface area contributed by atoms with Crippen LogP contribution in [0.4, 0.5) is 4.79 Å². The summed E-state index contributed by atoms with van der Waals surface area (Å²) < 4.78 is 5.43. The number of halogens is 1. The second kappa shape index (κ2) is 13.0. The number of aromatic carboxylic acids is 1. The Kier molecular flexibility index (Phi) is 9.73. The molecular weight excluding hydrogens is 500 g/mol. The van der Waals surface area contributed by atoms with Crippen molar-refractivity contribution in [2.45, 2.75) is 32.7 Å². The Labute approximate surface area is 220 Å². The maximum atomic E-state index is 13.6. The number of carboxylic acids is 1. The van der Waals surface area contributed by atoms with Gasteiger partial charge in [0.2, 0.25) is 5.91 Å². The second-order valence-electron chi connectivity index (χ2n) is 8.46. The van der Waals surface area contributed by atoms with Crippen LogP contribution in [-0.2, 0) is 16.1 Å². The third kappa shape index (κ3) is 7.13. The van der Waals surface area contributed by atoms with E-state index < -0.39 is 24.0 Å². The summed E-state index contributed by atoms with van der Waals surface area (Å²) in [5.74, 6) is -1.08. The number of methoxy groups -OCH3 is 1. The lowest BCUT2D eigenvalue weighted by atomic mass is 9.97. The normalized spacial score (nSPS) is 17.5. The molecule has 0 bridgehead atoms. The van der Waals surface area contributed by atoms with E-state index in [0.29, 0.717) is 29.6 Å². The molecule has 2 atom stereocenters. The second-order valence-corrected chi connectivity index (χ2v) is 8.89. The zero-order valence-corrected chi connectivity index (χ0v) is 21.7. The number of carboxylic acid groups (broad SMARTS) is 1. The molecule has 0 spiro atoms. The highest BCUT2D eigenvalue weighted by Gasteiger charge is 2.35. The maximum Gasteiger partial charge on any atom is 0.335 e. The average molecular weight is 531 g/mol. The van der Waals surface area contributed by atoms with Gasteiger partial charge in [-0.2, -0.15) is 0 Å². The summed E-state index contributed by atoms with van der Waals surface area (Å²) in [5.41, 5.74) is 1.62. The van der Waals surface area contributed by atoms with Gasteiger partial charge in [-0.05, 0) is 61.2 Å². The van der Waals surface area contributed by atoms with Gasteiger partial charge < -0.3 is 25.3 Å². The molecule has 3 N–H and O–H groups in total. The molecule has 2 aromatic carbocycles. The van der Waals surface area contributed by atoms with Crippen LogP contribution in [0, 0.1) is 5.92 Å². The minimum absolute atomic E-state index is 0.0950. The number of benzene rings is 2. The van der Waals surface area contributed by atoms with Crippen molar-refractivity contribution in [2.75, 3.05) is 26.8 Å². The molecule has 37 heavy (non-hydrogen) atoms. The Hall–Kier alpha value is -3.79. The molecule has 1 heterocycles. The zero-order chi connectivity index (χ0) is 26.9. The minimum atomic E-state index is -1.03. The third-order valence-corrected chi connectivity index (χ3v) is 6.23. The Bertz CT molecular complexity index is 1150. The lowest BCUT2D eigenvalue weighted by Crippen LogP contribution is -2.48. The van der Waals surface area contributed by atoms with E-state index in [1.165, 1.54) is 12.1 Å². The first-order valence-corrected chi connectivity index (χ1v) is 12.3. The summed E-state index contributed by atoms with van der Waals surface area (Å²) >= 11 is 6.18. The number of hydrogen-bond acceptors (Lipinski definition) is 6. The van der Waals surface area contributed by atoms with Crippen LogP contribution in [0.2, 0.25) is 5.02 Å². The maximum absolute atomic E-state index is 13.6. The van der Waals surface area contributed by atoms with Crippen molar-refractivity contribution < 1.29 is 29.1 Å². The number of oxime groups is 1. The Morgan fingerprint density at radius 1 is 1.24 bits per heavy atom. The molecule has 3 rings (SSSR count). The van der Waals surface area contributed by atoms with Crippen molar-refractivity contribution in [2.24, 2.45) is 11.1 Å². The largest absolute Gasteiger partial charge is 0.496 e. The summed E-state index contributed by atoms with van der Waals surface area (Å²) in [7, 11) is 1.54. The van der Waals surface area contributed by atoms with Gasteiger partial charge in [-0.15, -0.1) is 0 Å². The highest BCUT2D eigenvalue weighted by Crippen LogP contribution is 2.27. The Balaban J connectivity index is 1.85. The molecular formula is C26H31ClN4O6. The lowest BCUT2D eigenvalue weighted by Gasteiger charge is -2.26. The van der Waals surface area contributed by atoms with Crippen LogP contribution in [0.3, 0.4) is 0 Å². The van der Waals surface area contributed by atoms with Gasteiger partial charge in [-0.25, -0.2) is 9.59 Å². The first-order chi connectivity index (χ1) is 17.8. The van der Waals surface area contributed by atoms with E-state index in [9.17, 15) is 14.4 Å². The van der Waals surface area contributed by atoms with Crippen molar-refractivity contribution in [3.05, 3.63) is 64.2 Å². The zero-order valence-electron chi connectivity index (χ0n) is 21.0. The van der Waals surface area contributed by atoms with Crippen molar-refractivity contribution in [3.63, 3.8) is 0 Å². The van der Waals surface area contributed by atoms with Gasteiger partial charge in [0.25, 0.3) is 0 Å². The van der Waals surface area contributed by atoms with Crippen LogP contribution in [0.5, 0.6) is 5.75 Å². The smallest absolute Gasteiger partial charge is 0.335 e. The number of amidine groups is 1. The fraction of sp³-hybridized carbons (Fsp3) is 0.385. The molecule has 3 amide bonds. The molecule has 1 fully saturated rings. The number of nitrogens with zero attached hydrogens (tertiary/aromatic N) is 2. The quantitative estimate of drug-likeness (QED) is 0.420. The molecule has 1 aliphatic rings. The Morgan fingerprint density at radius 3 is 2.59 bits per heavy atom. The summed E-state index contributed by atoms with van der Waals surface area (Å²) in [6, 6.07) is 10.4. The molecule has 2 aromatic rings. The monoisotopic (exact) mass is 530 g/mol. The SMILES string of the molecule is CCO/N=C1/CN(C(=O)N[C@H](CC)c2ccc(C(=O)O)cc2)C(=O)[C@@H](Cc2cc(Cl)ccc2OC)CN1. The van der Waals surface area contributed by atoms with Crippen LogP contribution in [0.25, 0.3) is 0 Å². The first-order valence-electron chi connectivity index (χ1n) is 12.0. The number of amides is 3. The van der Waals surface area contributed by atoms with Gasteiger partial charge in [0, 0.05) is 11.6 Å². The van der Waals surface area contributed by atoms with E-state index in [2.05, 4.69) is 15.8 Å². The fourth-order valence-corrected chi connectivity index (χ4v) is 4.24. The molecule has 0 aromatic heterocycles. The molecule has 0 radical (unpaired) electrons. The standard InChI is InChI=1S/C26H31ClN4O6/c1-4-21(16-6-8-17(9-7-16)25(33)34)29-26(35)31-15-23(30-37-5-2)28-14-19(24(31)32)12-18-13-20(27)10-11-22(18)36-3/h6-11,13,19,21H,4-5,12,14-15H2,1-3H3,(H,28,30)(H,29,35)(H,33,34)/t19-,21+/m0/s1. The Morgan fingerprint density at radius 2 is 1.97 bits per heavy atom. The van der Waals surface area contributed by atoms with E-state index >= 15 is 0 Å². The van der Waals surface area contributed by atoms with Crippen molar-refractivity contribution in [1.82, 2.24) is 15.5 Å². The number of carbonyl (C=O) groups is 3. The molecule has 0 aliphatic carbocycles. The minimum Gasteiger partial charge on any atom is -0.496 e. The predicted octanol–water partition coefficient (Wildman–Crippen LogP) is 3.85. The number of imide groups is 1.